The van der Waals surface area contributed by atoms with Crippen molar-refractivity contribution in [2.24, 2.45) is 5.73 Å². The molecule has 0 bridgehead atoms. The van der Waals surface area contributed by atoms with Gasteiger partial charge in [-0.1, -0.05) is 6.42 Å². The molecule has 2 rings (SSSR count). The van der Waals surface area contributed by atoms with Gasteiger partial charge >= 0.3 is 0 Å². The Bertz CT molecular complexity index is 301. The monoisotopic (exact) mass is 191 g/mol. The molecule has 1 saturated carbocycles. The minimum atomic E-state index is 0.259. The van der Waals surface area contributed by atoms with E-state index in [2.05, 4.69) is 9.97 Å². The second kappa shape index (κ2) is 3.65. The molecule has 14 heavy (non-hydrogen) atoms. The average molecular weight is 191 g/mol. The first-order chi connectivity index (χ1) is 6.77. The lowest BCUT2D eigenvalue weighted by atomic mass is 9.64. The van der Waals surface area contributed by atoms with Gasteiger partial charge in [-0.3, -0.25) is 9.97 Å². The SMILES string of the molecule is Cc1cnc(C2(CCN)CCC2)cn1. The van der Waals surface area contributed by atoms with Gasteiger partial charge in [-0.15, -0.1) is 0 Å². The zero-order chi connectivity index (χ0) is 10.0. The topological polar surface area (TPSA) is 51.8 Å². The van der Waals surface area contributed by atoms with E-state index in [-0.39, 0.29) is 5.41 Å². The van der Waals surface area contributed by atoms with Gasteiger partial charge in [0.05, 0.1) is 11.4 Å². The molecule has 0 aliphatic heterocycles. The van der Waals surface area contributed by atoms with Crippen molar-refractivity contribution in [1.29, 1.82) is 0 Å². The standard InChI is InChI=1S/C11H17N3/c1-9-7-14-10(8-13-9)11(5-6-12)3-2-4-11/h7-8H,2-6,12H2,1H3. The van der Waals surface area contributed by atoms with Gasteiger partial charge in [0, 0.05) is 17.8 Å². The van der Waals surface area contributed by atoms with E-state index in [1.54, 1.807) is 0 Å². The van der Waals surface area contributed by atoms with Crippen LogP contribution in [0.5, 0.6) is 0 Å². The molecule has 3 heteroatoms. The Kier molecular flexibility index (Phi) is 2.50. The maximum atomic E-state index is 5.64. The molecule has 1 heterocycles. The van der Waals surface area contributed by atoms with Gasteiger partial charge in [0.1, 0.15) is 0 Å². The van der Waals surface area contributed by atoms with Crippen molar-refractivity contribution in [2.75, 3.05) is 6.54 Å². The Labute approximate surface area is 84.8 Å². The summed E-state index contributed by atoms with van der Waals surface area (Å²) in [5.41, 5.74) is 8.02. The van der Waals surface area contributed by atoms with Gasteiger partial charge in [-0.2, -0.15) is 0 Å². The zero-order valence-corrected chi connectivity index (χ0v) is 8.66. The van der Waals surface area contributed by atoms with Crippen LogP contribution in [0.2, 0.25) is 0 Å². The summed E-state index contributed by atoms with van der Waals surface area (Å²) in [6, 6.07) is 0. The third-order valence-electron chi connectivity index (χ3n) is 3.26. The van der Waals surface area contributed by atoms with Gasteiger partial charge in [0.2, 0.25) is 0 Å². The van der Waals surface area contributed by atoms with E-state index in [9.17, 15) is 0 Å². The summed E-state index contributed by atoms with van der Waals surface area (Å²) >= 11 is 0. The molecule has 0 spiro atoms. The van der Waals surface area contributed by atoms with Crippen molar-refractivity contribution < 1.29 is 0 Å². The molecule has 1 aromatic heterocycles. The highest BCUT2D eigenvalue weighted by molar-refractivity contribution is 5.18. The zero-order valence-electron chi connectivity index (χ0n) is 8.66. The van der Waals surface area contributed by atoms with Crippen LogP contribution in [0.25, 0.3) is 0 Å². The molecule has 0 saturated heterocycles. The van der Waals surface area contributed by atoms with Crippen LogP contribution in [0.3, 0.4) is 0 Å². The Hall–Kier alpha value is -0.960. The van der Waals surface area contributed by atoms with Gasteiger partial charge in [-0.25, -0.2) is 0 Å². The van der Waals surface area contributed by atoms with E-state index < -0.39 is 0 Å². The second-order valence-corrected chi connectivity index (χ2v) is 4.22. The molecule has 1 fully saturated rings. The fraction of sp³-hybridized carbons (Fsp3) is 0.636. The maximum absolute atomic E-state index is 5.64. The van der Waals surface area contributed by atoms with Crippen molar-refractivity contribution in [3.8, 4) is 0 Å². The minimum Gasteiger partial charge on any atom is -0.330 e. The third-order valence-corrected chi connectivity index (χ3v) is 3.26. The largest absolute Gasteiger partial charge is 0.330 e. The molecule has 1 aliphatic carbocycles. The number of aromatic nitrogens is 2. The van der Waals surface area contributed by atoms with E-state index in [1.807, 2.05) is 19.3 Å². The van der Waals surface area contributed by atoms with Crippen molar-refractivity contribution in [3.05, 3.63) is 23.8 Å². The Morgan fingerprint density at radius 1 is 1.36 bits per heavy atom. The number of nitrogens with zero attached hydrogens (tertiary/aromatic N) is 2. The minimum absolute atomic E-state index is 0.259. The van der Waals surface area contributed by atoms with Crippen molar-refractivity contribution in [2.45, 2.75) is 38.0 Å². The molecule has 1 aliphatic rings. The van der Waals surface area contributed by atoms with Crippen LogP contribution < -0.4 is 5.73 Å². The quantitative estimate of drug-likeness (QED) is 0.788. The molecule has 1 aromatic rings. The van der Waals surface area contributed by atoms with Crippen LogP contribution in [0.1, 0.15) is 37.1 Å². The molecule has 0 radical (unpaired) electrons. The second-order valence-electron chi connectivity index (χ2n) is 4.22. The van der Waals surface area contributed by atoms with Crippen molar-refractivity contribution in [3.63, 3.8) is 0 Å². The summed E-state index contributed by atoms with van der Waals surface area (Å²) in [6.07, 6.45) is 8.57. The van der Waals surface area contributed by atoms with Crippen LogP contribution in [-0.4, -0.2) is 16.5 Å². The van der Waals surface area contributed by atoms with Crippen LogP contribution in [0, 0.1) is 6.92 Å². The summed E-state index contributed by atoms with van der Waals surface area (Å²) in [7, 11) is 0. The first kappa shape index (κ1) is 9.59. The Balaban J connectivity index is 2.23. The van der Waals surface area contributed by atoms with Crippen molar-refractivity contribution >= 4 is 0 Å². The molecular weight excluding hydrogens is 174 g/mol. The number of rotatable bonds is 3. The summed E-state index contributed by atoms with van der Waals surface area (Å²) in [4.78, 5) is 8.78. The van der Waals surface area contributed by atoms with Gasteiger partial charge in [-0.05, 0) is 32.7 Å². The number of aryl methyl sites for hydroxylation is 1. The molecule has 3 nitrogen and oxygen atoms in total. The maximum Gasteiger partial charge on any atom is 0.0649 e. The summed E-state index contributed by atoms with van der Waals surface area (Å²) in [5, 5.41) is 0. The summed E-state index contributed by atoms with van der Waals surface area (Å²) in [6.45, 7) is 2.71. The van der Waals surface area contributed by atoms with Crippen LogP contribution in [-0.2, 0) is 5.41 Å². The molecule has 0 unspecified atom stereocenters. The Morgan fingerprint density at radius 2 is 2.14 bits per heavy atom. The predicted octanol–water partition coefficient (Wildman–Crippen LogP) is 1.56. The normalized spacial score (nSPS) is 19.0. The molecule has 0 atom stereocenters. The number of hydrogen-bond donors (Lipinski definition) is 1. The smallest absolute Gasteiger partial charge is 0.0649 e. The molecular formula is C11H17N3. The van der Waals surface area contributed by atoms with Crippen LogP contribution in [0.4, 0.5) is 0 Å². The summed E-state index contributed by atoms with van der Waals surface area (Å²) in [5.74, 6) is 0. The van der Waals surface area contributed by atoms with E-state index in [0.717, 1.165) is 24.4 Å². The fourth-order valence-electron chi connectivity index (χ4n) is 2.18. The number of nitrogens with two attached hydrogens (primary N) is 1. The summed E-state index contributed by atoms with van der Waals surface area (Å²) < 4.78 is 0. The van der Waals surface area contributed by atoms with Gasteiger partial charge in [0.15, 0.2) is 0 Å². The molecule has 0 aromatic carbocycles. The van der Waals surface area contributed by atoms with E-state index >= 15 is 0 Å². The highest BCUT2D eigenvalue weighted by Gasteiger charge is 2.39. The van der Waals surface area contributed by atoms with Crippen LogP contribution >= 0.6 is 0 Å². The van der Waals surface area contributed by atoms with Crippen molar-refractivity contribution in [1.82, 2.24) is 9.97 Å². The van der Waals surface area contributed by atoms with Crippen LogP contribution in [0.15, 0.2) is 12.4 Å². The first-order valence-electron chi connectivity index (χ1n) is 5.26. The molecule has 0 amide bonds. The lowest BCUT2D eigenvalue weighted by molar-refractivity contribution is 0.222. The van der Waals surface area contributed by atoms with Gasteiger partial charge < -0.3 is 5.73 Å². The van der Waals surface area contributed by atoms with E-state index in [1.165, 1.54) is 19.3 Å². The Morgan fingerprint density at radius 3 is 2.57 bits per heavy atom. The van der Waals surface area contributed by atoms with Gasteiger partial charge in [0.25, 0.3) is 0 Å². The first-order valence-corrected chi connectivity index (χ1v) is 5.26. The average Bonchev–Trinajstić information content (AvgIpc) is 2.13. The van der Waals surface area contributed by atoms with E-state index in [4.69, 9.17) is 5.73 Å². The molecule has 2 N–H and O–H groups in total. The fourth-order valence-corrected chi connectivity index (χ4v) is 2.18. The lowest BCUT2D eigenvalue weighted by Gasteiger charge is -2.41. The predicted molar refractivity (Wildman–Crippen MR) is 56.0 cm³/mol. The highest BCUT2D eigenvalue weighted by Crippen LogP contribution is 2.44. The highest BCUT2D eigenvalue weighted by atomic mass is 14.8. The van der Waals surface area contributed by atoms with E-state index in [0.29, 0.717) is 0 Å². The molecule has 76 valence electrons. The third kappa shape index (κ3) is 1.52. The number of hydrogen-bond acceptors (Lipinski definition) is 3. The lowest BCUT2D eigenvalue weighted by Crippen LogP contribution is -2.37.